The quantitative estimate of drug-likeness (QED) is 0.135. The Balaban J connectivity index is 1.35. The van der Waals surface area contributed by atoms with Gasteiger partial charge in [0.2, 0.25) is 0 Å². The number of benzene rings is 4. The third-order valence-electron chi connectivity index (χ3n) is 7.01. The fourth-order valence-electron chi connectivity index (χ4n) is 4.59. The first-order valence-electron chi connectivity index (χ1n) is 13.8. The molecule has 3 N–H and O–H groups in total. The van der Waals surface area contributed by atoms with E-state index in [2.05, 4.69) is 14.8 Å². The number of thioether (sulfide) groups is 1. The van der Waals surface area contributed by atoms with Gasteiger partial charge in [-0.05, 0) is 79.7 Å². The molecule has 250 valence electrons. The van der Waals surface area contributed by atoms with Crippen LogP contribution in [0, 0.1) is 6.92 Å². The van der Waals surface area contributed by atoms with Gasteiger partial charge < -0.3 is 5.32 Å². The van der Waals surface area contributed by atoms with E-state index in [1.54, 1.807) is 44.3 Å². The topological polar surface area (TPSA) is 148 Å². The van der Waals surface area contributed by atoms with E-state index in [9.17, 15) is 35.2 Å². The number of hydrogen-bond acceptors (Lipinski definition) is 7. The van der Waals surface area contributed by atoms with E-state index in [0.717, 1.165) is 6.07 Å². The number of carbonyl (C=O) groups is 1. The van der Waals surface area contributed by atoms with E-state index in [0.29, 0.717) is 23.1 Å². The summed E-state index contributed by atoms with van der Waals surface area (Å²) < 4.78 is 85.6. The van der Waals surface area contributed by atoms with Crippen LogP contribution in [0.3, 0.4) is 0 Å². The SMILES string of the molecule is Cc1c(NS(=O)(=O)c2cc(C(=O)Nc3cccc(S(=O)(=O)Nc4ccc(SC(F)F)cc4)c3)ccc2Cl)c(=O)n(-c2ccccc2)n1C. The van der Waals surface area contributed by atoms with Crippen molar-refractivity contribution >= 4 is 66.4 Å². The zero-order chi connectivity index (χ0) is 34.8. The molecule has 0 saturated carbocycles. The normalized spacial score (nSPS) is 11.8. The first kappa shape index (κ1) is 34.7. The van der Waals surface area contributed by atoms with Crippen LogP contribution in [0.15, 0.2) is 117 Å². The lowest BCUT2D eigenvalue weighted by Crippen LogP contribution is -2.23. The van der Waals surface area contributed by atoms with Crippen molar-refractivity contribution in [3.8, 4) is 5.69 Å². The Morgan fingerprint density at radius 1 is 0.833 bits per heavy atom. The van der Waals surface area contributed by atoms with Gasteiger partial charge in [0, 0.05) is 28.9 Å². The minimum absolute atomic E-state index is 0.0745. The molecule has 0 unspecified atom stereocenters. The summed E-state index contributed by atoms with van der Waals surface area (Å²) in [6, 6.07) is 22.8. The number of anilines is 3. The molecule has 0 aliphatic rings. The number of aromatic nitrogens is 2. The average molecular weight is 734 g/mol. The number of sulfonamides is 2. The number of carbonyl (C=O) groups excluding carboxylic acids is 1. The van der Waals surface area contributed by atoms with E-state index in [1.165, 1.54) is 70.0 Å². The third-order valence-corrected chi connectivity index (χ3v) is 10.9. The molecule has 0 radical (unpaired) electrons. The van der Waals surface area contributed by atoms with Crippen LogP contribution in [0.2, 0.25) is 5.02 Å². The van der Waals surface area contributed by atoms with Crippen molar-refractivity contribution in [2.75, 3.05) is 14.8 Å². The van der Waals surface area contributed by atoms with Crippen LogP contribution in [0.1, 0.15) is 16.1 Å². The van der Waals surface area contributed by atoms with Crippen molar-refractivity contribution in [3.63, 3.8) is 0 Å². The summed E-state index contributed by atoms with van der Waals surface area (Å²) in [5.74, 6) is -3.40. The fraction of sp³-hybridized carbons (Fsp3) is 0.0968. The Hall–Kier alpha value is -4.64. The Morgan fingerprint density at radius 3 is 2.19 bits per heavy atom. The van der Waals surface area contributed by atoms with Gasteiger partial charge in [0.1, 0.15) is 10.6 Å². The molecule has 1 aromatic heterocycles. The van der Waals surface area contributed by atoms with Crippen LogP contribution in [-0.4, -0.2) is 37.9 Å². The number of nitrogens with one attached hydrogen (secondary N) is 3. The summed E-state index contributed by atoms with van der Waals surface area (Å²) in [6.45, 7) is 1.57. The van der Waals surface area contributed by atoms with E-state index < -0.39 is 42.2 Å². The molecule has 1 heterocycles. The second-order valence-corrected chi connectivity index (χ2v) is 15.0. The lowest BCUT2D eigenvalue weighted by Gasteiger charge is -2.12. The molecule has 5 rings (SSSR count). The predicted molar refractivity (Wildman–Crippen MR) is 182 cm³/mol. The fourth-order valence-corrected chi connectivity index (χ4v) is 7.83. The van der Waals surface area contributed by atoms with Gasteiger partial charge in [0.15, 0.2) is 0 Å². The predicted octanol–water partition coefficient (Wildman–Crippen LogP) is 6.31. The number of nitrogens with zero attached hydrogens (tertiary/aromatic N) is 2. The van der Waals surface area contributed by atoms with Crippen LogP contribution in [-0.2, 0) is 27.1 Å². The van der Waals surface area contributed by atoms with Crippen LogP contribution in [0.25, 0.3) is 5.69 Å². The van der Waals surface area contributed by atoms with Crippen LogP contribution in [0.5, 0.6) is 0 Å². The first-order chi connectivity index (χ1) is 22.7. The minimum Gasteiger partial charge on any atom is -0.322 e. The van der Waals surface area contributed by atoms with E-state index in [4.69, 9.17) is 11.6 Å². The number of hydrogen-bond donors (Lipinski definition) is 3. The zero-order valence-corrected chi connectivity index (χ0v) is 28.2. The number of rotatable bonds is 11. The number of halogens is 3. The van der Waals surface area contributed by atoms with Gasteiger partial charge in [-0.15, -0.1) is 0 Å². The van der Waals surface area contributed by atoms with Gasteiger partial charge in [0.25, 0.3) is 37.3 Å². The number of amides is 1. The van der Waals surface area contributed by atoms with Gasteiger partial charge in [-0.25, -0.2) is 21.5 Å². The molecule has 4 aromatic carbocycles. The lowest BCUT2D eigenvalue weighted by atomic mass is 10.2. The van der Waals surface area contributed by atoms with Gasteiger partial charge in [-0.3, -0.25) is 23.7 Å². The maximum atomic E-state index is 13.5. The standard InChI is InChI=1S/C31H26ClF2N5O6S3/c1-19-28(30(41)39(38(19)2)23-8-4-3-5-9-23)37-48(44,45)27-17-20(11-16-26(27)32)29(40)35-22-7-6-10-25(18-22)47(42,43)36-21-12-14-24(15-13-21)46-31(33)34/h3-18,31,36-37H,1-2H3,(H,35,40). The molecule has 1 amide bonds. The second kappa shape index (κ2) is 13.8. The highest BCUT2D eigenvalue weighted by atomic mass is 35.5. The summed E-state index contributed by atoms with van der Waals surface area (Å²) in [5.41, 5.74) is 0.0951. The molecule has 5 aromatic rings. The molecular formula is C31H26ClF2N5O6S3. The number of alkyl halides is 2. The van der Waals surface area contributed by atoms with Crippen molar-refractivity contribution in [2.45, 2.75) is 27.4 Å². The van der Waals surface area contributed by atoms with Gasteiger partial charge in [-0.2, -0.15) is 8.78 Å². The van der Waals surface area contributed by atoms with Crippen molar-refractivity contribution in [1.29, 1.82) is 0 Å². The average Bonchev–Trinajstić information content (AvgIpc) is 3.24. The van der Waals surface area contributed by atoms with Gasteiger partial charge in [-0.1, -0.05) is 47.6 Å². The maximum Gasteiger partial charge on any atom is 0.296 e. The Morgan fingerprint density at radius 2 is 1.52 bits per heavy atom. The first-order valence-corrected chi connectivity index (χ1v) is 18.0. The van der Waals surface area contributed by atoms with E-state index >= 15 is 0 Å². The van der Waals surface area contributed by atoms with Crippen LogP contribution in [0.4, 0.5) is 25.8 Å². The largest absolute Gasteiger partial charge is 0.322 e. The summed E-state index contributed by atoms with van der Waals surface area (Å²) >= 11 is 6.57. The molecule has 0 saturated heterocycles. The molecule has 48 heavy (non-hydrogen) atoms. The number of para-hydroxylation sites is 1. The highest BCUT2D eigenvalue weighted by Gasteiger charge is 2.26. The van der Waals surface area contributed by atoms with Gasteiger partial charge >= 0.3 is 0 Å². The summed E-state index contributed by atoms with van der Waals surface area (Å²) in [4.78, 5) is 26.0. The summed E-state index contributed by atoms with van der Waals surface area (Å²) in [7, 11) is -7.03. The molecule has 0 fully saturated rings. The summed E-state index contributed by atoms with van der Waals surface area (Å²) in [6.07, 6.45) is 0. The Labute approximate surface area is 283 Å². The monoisotopic (exact) mass is 733 g/mol. The van der Waals surface area contributed by atoms with Gasteiger partial charge in [0.05, 0.1) is 21.3 Å². The molecular weight excluding hydrogens is 708 g/mol. The van der Waals surface area contributed by atoms with Crippen LogP contribution < -0.4 is 20.3 Å². The van der Waals surface area contributed by atoms with Crippen molar-refractivity contribution < 1.29 is 30.4 Å². The second-order valence-electron chi connectivity index (χ2n) is 10.2. The van der Waals surface area contributed by atoms with Crippen LogP contribution >= 0.6 is 23.4 Å². The molecule has 0 bridgehead atoms. The Bertz CT molecular complexity index is 2280. The van der Waals surface area contributed by atoms with Crippen molar-refractivity contribution in [2.24, 2.45) is 7.05 Å². The summed E-state index contributed by atoms with van der Waals surface area (Å²) in [5, 5.41) is 2.32. The zero-order valence-electron chi connectivity index (χ0n) is 25.0. The van der Waals surface area contributed by atoms with E-state index in [-0.39, 0.29) is 37.4 Å². The molecule has 0 aliphatic heterocycles. The molecule has 0 aliphatic carbocycles. The third kappa shape index (κ3) is 7.57. The van der Waals surface area contributed by atoms with Crippen molar-refractivity contribution in [1.82, 2.24) is 9.36 Å². The maximum absolute atomic E-state index is 13.5. The molecule has 0 spiro atoms. The highest BCUT2D eigenvalue weighted by Crippen LogP contribution is 2.29. The lowest BCUT2D eigenvalue weighted by molar-refractivity contribution is 0.102. The smallest absolute Gasteiger partial charge is 0.296 e. The molecule has 0 atom stereocenters. The van der Waals surface area contributed by atoms with E-state index in [1.807, 2.05) is 0 Å². The Kier molecular flexibility index (Phi) is 10.0. The minimum atomic E-state index is -4.48. The molecule has 17 heteroatoms. The highest BCUT2D eigenvalue weighted by molar-refractivity contribution is 7.99. The van der Waals surface area contributed by atoms with Crippen molar-refractivity contribution in [3.05, 3.63) is 124 Å². The molecule has 11 nitrogen and oxygen atoms in total.